The molecule has 4 heteroatoms. The van der Waals surface area contributed by atoms with Crippen molar-refractivity contribution in [1.82, 2.24) is 14.1 Å². The van der Waals surface area contributed by atoms with E-state index in [1.165, 1.54) is 16.6 Å². The van der Waals surface area contributed by atoms with Crippen LogP contribution in [0.2, 0.25) is 0 Å². The number of nitrogens with zero attached hydrogens (tertiary/aromatic N) is 3. The van der Waals surface area contributed by atoms with Gasteiger partial charge in [0.15, 0.2) is 0 Å². The Morgan fingerprint density at radius 2 is 1.69 bits per heavy atom. The van der Waals surface area contributed by atoms with Gasteiger partial charge in [0.25, 0.3) is 5.56 Å². The molecule has 0 bridgehead atoms. The summed E-state index contributed by atoms with van der Waals surface area (Å²) in [6.45, 7) is 4.67. The highest BCUT2D eigenvalue weighted by atomic mass is 16.1. The molecule has 2 aromatic carbocycles. The van der Waals surface area contributed by atoms with E-state index in [2.05, 4.69) is 48.9 Å². The molecular formula is C22H21N3O. The van der Waals surface area contributed by atoms with Gasteiger partial charge in [-0.3, -0.25) is 9.36 Å². The minimum Gasteiger partial charge on any atom is -0.347 e. The van der Waals surface area contributed by atoms with Crippen LogP contribution >= 0.6 is 0 Å². The van der Waals surface area contributed by atoms with E-state index in [0.717, 1.165) is 11.1 Å². The monoisotopic (exact) mass is 343 g/mol. The van der Waals surface area contributed by atoms with E-state index in [1.807, 2.05) is 37.3 Å². The van der Waals surface area contributed by atoms with Crippen LogP contribution in [0.1, 0.15) is 24.0 Å². The fourth-order valence-corrected chi connectivity index (χ4v) is 3.54. The lowest BCUT2D eigenvalue weighted by atomic mass is 10.1. The van der Waals surface area contributed by atoms with Crippen molar-refractivity contribution >= 4 is 34.0 Å². The maximum Gasteiger partial charge on any atom is 0.261 e. The van der Waals surface area contributed by atoms with Crippen LogP contribution in [0.15, 0.2) is 53.3 Å². The summed E-state index contributed by atoms with van der Waals surface area (Å²) in [6.07, 6.45) is 4.02. The molecule has 4 rings (SSSR count). The summed E-state index contributed by atoms with van der Waals surface area (Å²) in [5.74, 6) is 0.684. The zero-order chi connectivity index (χ0) is 18.3. The van der Waals surface area contributed by atoms with Crippen LogP contribution in [0, 0.1) is 6.92 Å². The van der Waals surface area contributed by atoms with Crippen molar-refractivity contribution in [2.24, 2.45) is 7.05 Å². The molecular weight excluding hydrogens is 322 g/mol. The molecule has 0 spiro atoms. The molecule has 0 radical (unpaired) electrons. The Hall–Kier alpha value is -3.14. The molecule has 0 saturated carbocycles. The first-order chi connectivity index (χ1) is 12.6. The van der Waals surface area contributed by atoms with Crippen LogP contribution in [0.4, 0.5) is 0 Å². The zero-order valence-electron chi connectivity index (χ0n) is 15.2. The normalized spacial score (nSPS) is 11.8. The van der Waals surface area contributed by atoms with Gasteiger partial charge in [-0.2, -0.15) is 0 Å². The fraction of sp³-hybridized carbons (Fsp3) is 0.182. The van der Waals surface area contributed by atoms with Gasteiger partial charge >= 0.3 is 0 Å². The maximum atomic E-state index is 12.8. The molecule has 26 heavy (non-hydrogen) atoms. The van der Waals surface area contributed by atoms with Crippen molar-refractivity contribution < 1.29 is 0 Å². The Balaban J connectivity index is 1.91. The summed E-state index contributed by atoms with van der Waals surface area (Å²) in [5.41, 5.74) is 4.29. The third-order valence-corrected chi connectivity index (χ3v) is 5.05. The molecule has 0 saturated heterocycles. The van der Waals surface area contributed by atoms with E-state index in [1.54, 1.807) is 4.57 Å². The molecule has 2 heterocycles. The summed E-state index contributed by atoms with van der Waals surface area (Å²) in [7, 11) is 2.07. The predicted molar refractivity (Wildman–Crippen MR) is 108 cm³/mol. The zero-order valence-corrected chi connectivity index (χ0v) is 15.2. The van der Waals surface area contributed by atoms with Gasteiger partial charge in [0.1, 0.15) is 5.82 Å². The lowest BCUT2D eigenvalue weighted by Crippen LogP contribution is -2.22. The van der Waals surface area contributed by atoms with Gasteiger partial charge in [-0.25, -0.2) is 4.98 Å². The minimum atomic E-state index is 0.00684. The van der Waals surface area contributed by atoms with Crippen LogP contribution in [-0.4, -0.2) is 14.1 Å². The third-order valence-electron chi connectivity index (χ3n) is 5.05. The Kier molecular flexibility index (Phi) is 3.96. The Bertz CT molecular complexity index is 1210. The predicted octanol–water partition coefficient (Wildman–Crippen LogP) is 4.39. The Labute approximate surface area is 152 Å². The quantitative estimate of drug-likeness (QED) is 0.553. The Morgan fingerprint density at radius 1 is 1.00 bits per heavy atom. The van der Waals surface area contributed by atoms with Crippen LogP contribution in [0.3, 0.4) is 0 Å². The van der Waals surface area contributed by atoms with Gasteiger partial charge in [-0.1, -0.05) is 30.3 Å². The summed E-state index contributed by atoms with van der Waals surface area (Å²) >= 11 is 0. The molecule has 4 aromatic rings. The van der Waals surface area contributed by atoms with E-state index >= 15 is 0 Å². The number of benzene rings is 2. The molecule has 130 valence electrons. The fourth-order valence-electron chi connectivity index (χ4n) is 3.54. The van der Waals surface area contributed by atoms with Crippen molar-refractivity contribution in [2.45, 2.75) is 20.4 Å². The van der Waals surface area contributed by atoms with Crippen molar-refractivity contribution in [3.8, 4) is 0 Å². The lowest BCUT2D eigenvalue weighted by molar-refractivity contribution is 0.708. The first kappa shape index (κ1) is 16.3. The van der Waals surface area contributed by atoms with E-state index < -0.39 is 0 Å². The largest absolute Gasteiger partial charge is 0.347 e. The second-order valence-electron chi connectivity index (χ2n) is 6.45. The second kappa shape index (κ2) is 6.30. The van der Waals surface area contributed by atoms with Crippen molar-refractivity contribution in [3.63, 3.8) is 0 Å². The van der Waals surface area contributed by atoms with E-state index in [9.17, 15) is 4.79 Å². The molecule has 0 amide bonds. The van der Waals surface area contributed by atoms with Crippen LogP contribution in [0.25, 0.3) is 34.0 Å². The van der Waals surface area contributed by atoms with Crippen molar-refractivity contribution in [3.05, 3.63) is 76.0 Å². The highest BCUT2D eigenvalue weighted by Gasteiger charge is 2.10. The number of hydrogen-bond donors (Lipinski definition) is 0. The summed E-state index contributed by atoms with van der Waals surface area (Å²) < 4.78 is 3.91. The van der Waals surface area contributed by atoms with Gasteiger partial charge in [-0.05, 0) is 44.2 Å². The molecule has 0 N–H and O–H groups in total. The Morgan fingerprint density at radius 3 is 2.46 bits per heavy atom. The van der Waals surface area contributed by atoms with Gasteiger partial charge < -0.3 is 4.57 Å². The van der Waals surface area contributed by atoms with Gasteiger partial charge in [0.05, 0.1) is 10.9 Å². The van der Waals surface area contributed by atoms with Gasteiger partial charge in [0, 0.05) is 35.8 Å². The number of rotatable bonds is 3. The van der Waals surface area contributed by atoms with E-state index in [4.69, 9.17) is 4.98 Å². The van der Waals surface area contributed by atoms with Crippen LogP contribution in [-0.2, 0) is 13.6 Å². The van der Waals surface area contributed by atoms with E-state index in [-0.39, 0.29) is 5.56 Å². The molecule has 0 aliphatic rings. The van der Waals surface area contributed by atoms with Gasteiger partial charge in [0.2, 0.25) is 0 Å². The standard InChI is InChI=1S/C22H21N3O/c1-4-25-21(23-19-11-7-5-10-18(19)22(25)26)14-13-16-15(2)24(3)20-12-8-6-9-17(16)20/h5-14H,4H2,1-3H3/b14-13+. The average molecular weight is 343 g/mol. The number of aryl methyl sites for hydroxylation is 1. The van der Waals surface area contributed by atoms with Crippen LogP contribution < -0.4 is 5.56 Å². The average Bonchev–Trinajstić information content (AvgIpc) is 2.91. The molecule has 0 aliphatic heterocycles. The summed E-state index contributed by atoms with van der Waals surface area (Å²) in [5, 5.41) is 1.86. The third kappa shape index (κ3) is 2.46. The lowest BCUT2D eigenvalue weighted by Gasteiger charge is -2.08. The number of para-hydroxylation sites is 2. The van der Waals surface area contributed by atoms with Crippen molar-refractivity contribution in [1.29, 1.82) is 0 Å². The van der Waals surface area contributed by atoms with E-state index in [0.29, 0.717) is 17.8 Å². The number of fused-ring (bicyclic) bond motifs is 2. The second-order valence-corrected chi connectivity index (χ2v) is 6.45. The smallest absolute Gasteiger partial charge is 0.261 e. The number of aromatic nitrogens is 3. The topological polar surface area (TPSA) is 39.8 Å². The summed E-state index contributed by atoms with van der Waals surface area (Å²) in [4.78, 5) is 17.5. The van der Waals surface area contributed by atoms with Crippen molar-refractivity contribution in [2.75, 3.05) is 0 Å². The highest BCUT2D eigenvalue weighted by Crippen LogP contribution is 2.26. The minimum absolute atomic E-state index is 0.00684. The summed E-state index contributed by atoms with van der Waals surface area (Å²) in [6, 6.07) is 15.9. The molecule has 4 nitrogen and oxygen atoms in total. The molecule has 0 fully saturated rings. The molecule has 2 aromatic heterocycles. The SMILES string of the molecule is CCn1c(/C=C/c2c(C)n(C)c3ccccc23)nc2ccccc2c1=O. The number of hydrogen-bond acceptors (Lipinski definition) is 2. The molecule has 0 atom stereocenters. The van der Waals surface area contributed by atoms with Crippen LogP contribution in [0.5, 0.6) is 0 Å². The first-order valence-corrected chi connectivity index (χ1v) is 8.83. The molecule has 0 aliphatic carbocycles. The first-order valence-electron chi connectivity index (χ1n) is 8.83. The maximum absolute atomic E-state index is 12.8. The molecule has 0 unspecified atom stereocenters. The van der Waals surface area contributed by atoms with Gasteiger partial charge in [-0.15, -0.1) is 0 Å². The highest BCUT2D eigenvalue weighted by molar-refractivity contribution is 5.93.